The Kier molecular flexibility index (Phi) is 5.18. The van der Waals surface area contributed by atoms with E-state index in [-0.39, 0.29) is 11.8 Å². The van der Waals surface area contributed by atoms with Gasteiger partial charge in [-0.15, -0.1) is 0 Å². The van der Waals surface area contributed by atoms with Crippen LogP contribution in [0.5, 0.6) is 0 Å². The van der Waals surface area contributed by atoms with Crippen LogP contribution in [0, 0.1) is 0 Å². The third-order valence-corrected chi connectivity index (χ3v) is 4.12. The summed E-state index contributed by atoms with van der Waals surface area (Å²) in [5, 5.41) is 6.72. The quantitative estimate of drug-likeness (QED) is 0.578. The molecule has 0 saturated heterocycles. The first-order valence-corrected chi connectivity index (χ1v) is 8.31. The monoisotopic (exact) mass is 339 g/mol. The lowest BCUT2D eigenvalue weighted by Gasteiger charge is -2.13. The average Bonchev–Trinajstić information content (AvgIpc) is 3.28. The van der Waals surface area contributed by atoms with Crippen LogP contribution in [0.1, 0.15) is 29.3 Å². The molecule has 2 aromatic heterocycles. The summed E-state index contributed by atoms with van der Waals surface area (Å²) in [6, 6.07) is 9.11. The van der Waals surface area contributed by atoms with E-state index in [1.54, 1.807) is 13.0 Å². The van der Waals surface area contributed by atoms with Crippen LogP contribution < -0.4 is 10.6 Å². The van der Waals surface area contributed by atoms with Crippen LogP contribution in [0.4, 0.5) is 0 Å². The number of benzene rings is 1. The summed E-state index contributed by atoms with van der Waals surface area (Å²) in [5.41, 5.74) is 2.77. The second-order valence-corrected chi connectivity index (χ2v) is 5.96. The third-order valence-electron chi connectivity index (χ3n) is 4.12. The molecule has 3 aromatic rings. The fourth-order valence-electron chi connectivity index (χ4n) is 2.72. The van der Waals surface area contributed by atoms with Crippen molar-refractivity contribution in [3.63, 3.8) is 0 Å². The molecule has 2 amide bonds. The predicted octanol–water partition coefficient (Wildman–Crippen LogP) is 2.63. The highest BCUT2D eigenvalue weighted by Gasteiger charge is 2.16. The van der Waals surface area contributed by atoms with Crippen molar-refractivity contribution in [1.29, 1.82) is 0 Å². The molecule has 0 radical (unpaired) electrons. The number of amides is 2. The number of rotatable bonds is 7. The van der Waals surface area contributed by atoms with E-state index >= 15 is 0 Å². The van der Waals surface area contributed by atoms with Crippen molar-refractivity contribution in [2.45, 2.75) is 25.8 Å². The molecule has 3 rings (SSSR count). The molecular weight excluding hydrogens is 318 g/mol. The lowest BCUT2D eigenvalue weighted by Crippen LogP contribution is -2.45. The SMILES string of the molecule is CC(NC(=O)c1ccoc1)C(=O)NCCCc1c[nH]c2ccccc12. The topological polar surface area (TPSA) is 87.1 Å². The first kappa shape index (κ1) is 16.8. The number of H-pyrrole nitrogens is 1. The van der Waals surface area contributed by atoms with Crippen LogP contribution in [0.3, 0.4) is 0 Å². The molecule has 2 heterocycles. The van der Waals surface area contributed by atoms with Gasteiger partial charge in [0.2, 0.25) is 5.91 Å². The van der Waals surface area contributed by atoms with E-state index in [0.717, 1.165) is 18.4 Å². The summed E-state index contributed by atoms with van der Waals surface area (Å²) < 4.78 is 4.86. The summed E-state index contributed by atoms with van der Waals surface area (Å²) in [6.07, 6.45) is 6.49. The number of aromatic nitrogens is 1. The Morgan fingerprint density at radius 2 is 2.08 bits per heavy atom. The fraction of sp³-hybridized carbons (Fsp3) is 0.263. The summed E-state index contributed by atoms with van der Waals surface area (Å²) in [4.78, 5) is 27.2. The van der Waals surface area contributed by atoms with Gasteiger partial charge in [-0.1, -0.05) is 18.2 Å². The van der Waals surface area contributed by atoms with Gasteiger partial charge in [-0.2, -0.15) is 0 Å². The molecule has 6 nitrogen and oxygen atoms in total. The fourth-order valence-corrected chi connectivity index (χ4v) is 2.72. The molecule has 0 aliphatic rings. The van der Waals surface area contributed by atoms with Gasteiger partial charge in [-0.3, -0.25) is 9.59 Å². The Bertz CT molecular complexity index is 852. The number of hydrogen-bond donors (Lipinski definition) is 3. The number of furan rings is 1. The molecular formula is C19H21N3O3. The van der Waals surface area contributed by atoms with Crippen molar-refractivity contribution in [2.24, 2.45) is 0 Å². The zero-order valence-electron chi connectivity index (χ0n) is 14.0. The highest BCUT2D eigenvalue weighted by Crippen LogP contribution is 2.18. The minimum Gasteiger partial charge on any atom is -0.472 e. The summed E-state index contributed by atoms with van der Waals surface area (Å²) in [5.74, 6) is -0.522. The molecule has 0 bridgehead atoms. The maximum Gasteiger partial charge on any atom is 0.255 e. The van der Waals surface area contributed by atoms with E-state index in [0.29, 0.717) is 12.1 Å². The Labute approximate surface area is 145 Å². The molecule has 1 aromatic carbocycles. The Hall–Kier alpha value is -3.02. The number of nitrogens with one attached hydrogen (secondary N) is 3. The van der Waals surface area contributed by atoms with Gasteiger partial charge in [0.1, 0.15) is 12.3 Å². The predicted molar refractivity (Wildman–Crippen MR) is 95.3 cm³/mol. The molecule has 6 heteroatoms. The van der Waals surface area contributed by atoms with E-state index in [1.807, 2.05) is 24.4 Å². The standard InChI is InChI=1S/C19H21N3O3/c1-13(22-19(24)15-8-10-25-12-15)18(23)20-9-4-5-14-11-21-17-7-3-2-6-16(14)17/h2-3,6-8,10-13,21H,4-5,9H2,1H3,(H,20,23)(H,22,24). The summed E-state index contributed by atoms with van der Waals surface area (Å²) >= 11 is 0. The van der Waals surface area contributed by atoms with Crippen LogP contribution in [0.25, 0.3) is 10.9 Å². The van der Waals surface area contributed by atoms with E-state index in [9.17, 15) is 9.59 Å². The number of aromatic amines is 1. The molecule has 130 valence electrons. The van der Waals surface area contributed by atoms with E-state index in [1.165, 1.54) is 23.5 Å². The molecule has 1 unspecified atom stereocenters. The number of aryl methyl sites for hydroxylation is 1. The number of hydrogen-bond acceptors (Lipinski definition) is 3. The van der Waals surface area contributed by atoms with Gasteiger partial charge in [0, 0.05) is 23.6 Å². The Morgan fingerprint density at radius 3 is 2.88 bits per heavy atom. The van der Waals surface area contributed by atoms with E-state index in [2.05, 4.69) is 21.7 Å². The van der Waals surface area contributed by atoms with Crippen LogP contribution >= 0.6 is 0 Å². The van der Waals surface area contributed by atoms with Crippen molar-refractivity contribution in [2.75, 3.05) is 6.54 Å². The van der Waals surface area contributed by atoms with Crippen molar-refractivity contribution in [3.8, 4) is 0 Å². The minimum absolute atomic E-state index is 0.198. The Balaban J connectivity index is 1.42. The smallest absolute Gasteiger partial charge is 0.255 e. The second-order valence-electron chi connectivity index (χ2n) is 5.96. The van der Waals surface area contributed by atoms with Gasteiger partial charge in [0.15, 0.2) is 0 Å². The largest absolute Gasteiger partial charge is 0.472 e. The maximum atomic E-state index is 12.1. The van der Waals surface area contributed by atoms with Crippen molar-refractivity contribution >= 4 is 22.7 Å². The lowest BCUT2D eigenvalue weighted by molar-refractivity contribution is -0.122. The number of fused-ring (bicyclic) bond motifs is 1. The Morgan fingerprint density at radius 1 is 1.24 bits per heavy atom. The van der Waals surface area contributed by atoms with Gasteiger partial charge in [-0.05, 0) is 37.5 Å². The van der Waals surface area contributed by atoms with Crippen molar-refractivity contribution in [1.82, 2.24) is 15.6 Å². The first-order valence-electron chi connectivity index (χ1n) is 8.31. The van der Waals surface area contributed by atoms with Crippen LogP contribution in [0.2, 0.25) is 0 Å². The van der Waals surface area contributed by atoms with Gasteiger partial charge in [0.25, 0.3) is 5.91 Å². The third kappa shape index (κ3) is 4.09. The van der Waals surface area contributed by atoms with Crippen molar-refractivity contribution in [3.05, 3.63) is 60.2 Å². The van der Waals surface area contributed by atoms with Gasteiger partial charge in [-0.25, -0.2) is 0 Å². The molecule has 25 heavy (non-hydrogen) atoms. The second kappa shape index (κ2) is 7.70. The van der Waals surface area contributed by atoms with Crippen LogP contribution in [0.15, 0.2) is 53.5 Å². The van der Waals surface area contributed by atoms with Gasteiger partial charge in [0.05, 0.1) is 11.8 Å². The molecule has 0 saturated carbocycles. The molecule has 3 N–H and O–H groups in total. The zero-order valence-corrected chi connectivity index (χ0v) is 14.0. The number of carbonyl (C=O) groups excluding carboxylic acids is 2. The van der Waals surface area contributed by atoms with Crippen LogP contribution in [-0.2, 0) is 11.2 Å². The van der Waals surface area contributed by atoms with E-state index in [4.69, 9.17) is 4.42 Å². The number of para-hydroxylation sites is 1. The maximum absolute atomic E-state index is 12.1. The molecule has 0 fully saturated rings. The van der Waals surface area contributed by atoms with Crippen LogP contribution in [-0.4, -0.2) is 29.4 Å². The molecule has 0 spiro atoms. The van der Waals surface area contributed by atoms with Gasteiger partial charge >= 0.3 is 0 Å². The summed E-state index contributed by atoms with van der Waals surface area (Å²) in [7, 11) is 0. The first-order chi connectivity index (χ1) is 12.1. The normalized spacial score (nSPS) is 12.0. The lowest BCUT2D eigenvalue weighted by atomic mass is 10.1. The summed E-state index contributed by atoms with van der Waals surface area (Å²) in [6.45, 7) is 2.22. The minimum atomic E-state index is -0.601. The van der Waals surface area contributed by atoms with Crippen molar-refractivity contribution < 1.29 is 14.0 Å². The highest BCUT2D eigenvalue weighted by molar-refractivity contribution is 5.97. The molecule has 0 aliphatic heterocycles. The average molecular weight is 339 g/mol. The number of carbonyl (C=O) groups is 2. The molecule has 0 aliphatic carbocycles. The van der Waals surface area contributed by atoms with E-state index < -0.39 is 6.04 Å². The van der Waals surface area contributed by atoms with Gasteiger partial charge < -0.3 is 20.0 Å². The molecule has 1 atom stereocenters. The zero-order chi connectivity index (χ0) is 17.6. The highest BCUT2D eigenvalue weighted by atomic mass is 16.3.